The van der Waals surface area contributed by atoms with E-state index in [1.54, 1.807) is 36.4 Å². The molecule has 8 heteroatoms. The van der Waals surface area contributed by atoms with Gasteiger partial charge in [-0.15, -0.1) is 0 Å². The van der Waals surface area contributed by atoms with Gasteiger partial charge in [-0.05, 0) is 35.4 Å². The van der Waals surface area contributed by atoms with E-state index < -0.39 is 6.09 Å². The number of anilines is 1. The number of hydrogen-bond acceptors (Lipinski definition) is 5. The van der Waals surface area contributed by atoms with Gasteiger partial charge >= 0.3 is 11.3 Å². The smallest absolute Gasteiger partial charge is 0.409 e. The lowest BCUT2D eigenvalue weighted by atomic mass is 10.1. The maximum absolute atomic E-state index is 12.2. The van der Waals surface area contributed by atoms with Crippen molar-refractivity contribution in [1.29, 1.82) is 5.26 Å². The summed E-state index contributed by atoms with van der Waals surface area (Å²) in [6, 6.07) is 15.9. The van der Waals surface area contributed by atoms with Crippen LogP contribution >= 0.6 is 11.8 Å². The third-order valence-electron chi connectivity index (χ3n) is 3.64. The van der Waals surface area contributed by atoms with Crippen molar-refractivity contribution >= 4 is 34.5 Å². The van der Waals surface area contributed by atoms with Gasteiger partial charge in [0.2, 0.25) is 0 Å². The van der Waals surface area contributed by atoms with Crippen LogP contribution in [0.25, 0.3) is 0 Å². The Balaban J connectivity index is 1.80. The van der Waals surface area contributed by atoms with Gasteiger partial charge in [-0.3, -0.25) is 10.1 Å². The molecular weight excluding hydrogens is 352 g/mol. The molecule has 1 aliphatic heterocycles. The Hall–Kier alpha value is -3.31. The van der Waals surface area contributed by atoms with Crippen molar-refractivity contribution in [2.45, 2.75) is 6.54 Å². The molecule has 26 heavy (non-hydrogen) atoms. The molecule has 0 saturated carbocycles. The largest absolute Gasteiger partial charge is 0.465 e. The van der Waals surface area contributed by atoms with Crippen LogP contribution in [0, 0.1) is 11.3 Å². The highest BCUT2D eigenvalue weighted by Crippen LogP contribution is 2.22. The number of thioether (sulfide) groups is 1. The highest BCUT2D eigenvalue weighted by Gasteiger charge is 2.22. The molecule has 130 valence electrons. The second kappa shape index (κ2) is 7.72. The quantitative estimate of drug-likeness (QED) is 0.858. The number of benzene rings is 2. The zero-order valence-corrected chi connectivity index (χ0v) is 14.4. The number of hydrazone groups is 1. The fourth-order valence-corrected chi connectivity index (χ4v) is 3.18. The normalized spacial score (nSPS) is 13.7. The lowest BCUT2D eigenvalue weighted by Gasteiger charge is -2.23. The summed E-state index contributed by atoms with van der Waals surface area (Å²) >= 11 is 1.15. The van der Waals surface area contributed by atoms with Crippen molar-refractivity contribution in [3.8, 4) is 6.07 Å². The van der Waals surface area contributed by atoms with E-state index in [2.05, 4.69) is 16.5 Å². The summed E-state index contributed by atoms with van der Waals surface area (Å²) in [5.41, 5.74) is 3.36. The number of nitrogens with one attached hydrogen (secondary N) is 1. The fraction of sp³-hybridized carbons (Fsp3) is 0.111. The molecular formula is C18H14N4O3S. The van der Waals surface area contributed by atoms with Gasteiger partial charge in [0, 0.05) is 11.4 Å². The Labute approximate surface area is 153 Å². The first-order valence-corrected chi connectivity index (χ1v) is 8.65. The summed E-state index contributed by atoms with van der Waals surface area (Å²) in [4.78, 5) is 22.9. The maximum atomic E-state index is 12.2. The first kappa shape index (κ1) is 17.5. The summed E-state index contributed by atoms with van der Waals surface area (Å²) in [7, 11) is 0. The Bertz CT molecular complexity index is 919. The van der Waals surface area contributed by atoms with Crippen LogP contribution in [0.2, 0.25) is 0 Å². The molecule has 0 saturated heterocycles. The number of hydrogen-bond donors (Lipinski definition) is 2. The van der Waals surface area contributed by atoms with Crippen molar-refractivity contribution in [2.75, 3.05) is 11.1 Å². The molecule has 7 nitrogen and oxygen atoms in total. The first-order valence-electron chi connectivity index (χ1n) is 7.66. The van der Waals surface area contributed by atoms with Gasteiger partial charge < -0.3 is 5.11 Å². The van der Waals surface area contributed by atoms with Gasteiger partial charge in [0.05, 0.1) is 23.9 Å². The highest BCUT2D eigenvalue weighted by molar-refractivity contribution is 8.14. The van der Waals surface area contributed by atoms with Crippen LogP contribution in [0.4, 0.5) is 15.3 Å². The Morgan fingerprint density at radius 2 is 2.08 bits per heavy atom. The number of nitriles is 1. The van der Waals surface area contributed by atoms with Crippen LogP contribution in [-0.2, 0) is 6.54 Å². The van der Waals surface area contributed by atoms with Crippen molar-refractivity contribution in [3.05, 3.63) is 65.2 Å². The summed E-state index contributed by atoms with van der Waals surface area (Å²) in [5.74, 6) is 0.460. The summed E-state index contributed by atoms with van der Waals surface area (Å²) < 4.78 is 0. The standard InChI is InChI=1S/C18H14N4O3S/c19-9-12-4-6-14(7-5-12)16-11-26-18(25)22(21-16)10-13-2-1-3-15(8-13)20-17(23)24/h1-8,20H,10-11H2,(H,23,24). The maximum Gasteiger partial charge on any atom is 0.409 e. The molecule has 2 N–H and O–H groups in total. The van der Waals surface area contributed by atoms with Gasteiger partial charge in [0.25, 0.3) is 0 Å². The van der Waals surface area contributed by atoms with Crippen molar-refractivity contribution in [1.82, 2.24) is 5.01 Å². The van der Waals surface area contributed by atoms with Crippen LogP contribution in [0.1, 0.15) is 16.7 Å². The summed E-state index contributed by atoms with van der Waals surface area (Å²) in [6.45, 7) is 0.237. The molecule has 2 aromatic carbocycles. The van der Waals surface area contributed by atoms with Crippen LogP contribution < -0.4 is 5.32 Å². The number of amides is 2. The molecule has 3 rings (SSSR count). The van der Waals surface area contributed by atoms with E-state index in [1.165, 1.54) is 5.01 Å². The van der Waals surface area contributed by atoms with E-state index in [1.807, 2.05) is 12.1 Å². The predicted octanol–water partition coefficient (Wildman–Crippen LogP) is 3.72. The second-order valence-corrected chi connectivity index (χ2v) is 6.41. The third-order valence-corrected chi connectivity index (χ3v) is 4.52. The molecule has 1 aliphatic rings. The van der Waals surface area contributed by atoms with E-state index in [-0.39, 0.29) is 11.8 Å². The van der Waals surface area contributed by atoms with Gasteiger partial charge in [0.1, 0.15) is 0 Å². The Morgan fingerprint density at radius 3 is 2.77 bits per heavy atom. The van der Waals surface area contributed by atoms with Gasteiger partial charge in [-0.25, -0.2) is 9.80 Å². The highest BCUT2D eigenvalue weighted by atomic mass is 32.2. The number of carbonyl (C=O) groups excluding carboxylic acids is 1. The number of nitrogens with zero attached hydrogens (tertiary/aromatic N) is 3. The fourth-order valence-electron chi connectivity index (χ4n) is 2.44. The minimum atomic E-state index is -1.15. The molecule has 2 amide bonds. The number of rotatable bonds is 4. The molecule has 0 atom stereocenters. The first-order chi connectivity index (χ1) is 12.5. The van der Waals surface area contributed by atoms with E-state index >= 15 is 0 Å². The molecule has 0 fully saturated rings. The number of carboxylic acid groups (broad SMARTS) is 1. The molecule has 0 bridgehead atoms. The monoisotopic (exact) mass is 366 g/mol. The van der Waals surface area contributed by atoms with Crippen molar-refractivity contribution in [2.24, 2.45) is 5.10 Å². The average molecular weight is 366 g/mol. The average Bonchev–Trinajstić information content (AvgIpc) is 2.63. The Morgan fingerprint density at radius 1 is 1.31 bits per heavy atom. The van der Waals surface area contributed by atoms with Crippen molar-refractivity contribution < 1.29 is 14.7 Å². The minimum Gasteiger partial charge on any atom is -0.465 e. The molecule has 2 aromatic rings. The minimum absolute atomic E-state index is 0.168. The van der Waals surface area contributed by atoms with Gasteiger partial charge in [-0.2, -0.15) is 10.4 Å². The lowest BCUT2D eigenvalue weighted by molar-refractivity contribution is 0.209. The zero-order chi connectivity index (χ0) is 18.5. The van der Waals surface area contributed by atoms with Crippen molar-refractivity contribution in [3.63, 3.8) is 0 Å². The topological polar surface area (TPSA) is 106 Å². The van der Waals surface area contributed by atoms with E-state index in [4.69, 9.17) is 10.4 Å². The van der Waals surface area contributed by atoms with Crippen LogP contribution in [0.3, 0.4) is 0 Å². The molecule has 0 radical (unpaired) electrons. The van der Waals surface area contributed by atoms with Crippen LogP contribution in [0.5, 0.6) is 0 Å². The molecule has 0 aromatic heterocycles. The number of carbonyl (C=O) groups is 2. The van der Waals surface area contributed by atoms with E-state index in [0.29, 0.717) is 17.0 Å². The van der Waals surface area contributed by atoms with E-state index in [0.717, 1.165) is 28.6 Å². The predicted molar refractivity (Wildman–Crippen MR) is 99.2 cm³/mol. The second-order valence-electron chi connectivity index (χ2n) is 5.48. The van der Waals surface area contributed by atoms with Crippen LogP contribution in [-0.4, -0.2) is 32.9 Å². The molecule has 0 aliphatic carbocycles. The SMILES string of the molecule is N#Cc1ccc(C2=NN(Cc3cccc(NC(=O)O)c3)C(=O)SC2)cc1. The lowest BCUT2D eigenvalue weighted by Crippen LogP contribution is -2.29. The van der Waals surface area contributed by atoms with Crippen LogP contribution in [0.15, 0.2) is 53.6 Å². The molecule has 0 spiro atoms. The third kappa shape index (κ3) is 4.20. The summed E-state index contributed by atoms with van der Waals surface area (Å²) in [6.07, 6.45) is -1.15. The summed E-state index contributed by atoms with van der Waals surface area (Å²) in [5, 5.41) is 25.6. The zero-order valence-electron chi connectivity index (χ0n) is 13.5. The van der Waals surface area contributed by atoms with E-state index in [9.17, 15) is 9.59 Å². The molecule has 1 heterocycles. The van der Waals surface area contributed by atoms with Gasteiger partial charge in [0.15, 0.2) is 0 Å². The Kier molecular flexibility index (Phi) is 5.20. The molecule has 0 unspecified atom stereocenters. The van der Waals surface area contributed by atoms with Gasteiger partial charge in [-0.1, -0.05) is 36.0 Å².